The Morgan fingerprint density at radius 3 is 2.86 bits per heavy atom. The lowest BCUT2D eigenvalue weighted by atomic mass is 9.96. The number of fused-ring (bicyclic) bond motifs is 2. The van der Waals surface area contributed by atoms with Crippen molar-refractivity contribution in [2.24, 2.45) is 4.99 Å². The number of nitrogens with one attached hydrogen (secondary N) is 1. The van der Waals surface area contributed by atoms with E-state index in [1.54, 1.807) is 0 Å². The van der Waals surface area contributed by atoms with E-state index in [1.807, 2.05) is 18.2 Å². The number of aliphatic imine (C=N–C) groups is 1. The van der Waals surface area contributed by atoms with Crippen LogP contribution in [0.3, 0.4) is 0 Å². The van der Waals surface area contributed by atoms with Crippen molar-refractivity contribution in [1.82, 2.24) is 5.48 Å². The SMILES string of the molecule is ONC1=Nc2cccc(Cl)c2C12CC2. The molecule has 1 heterocycles. The topological polar surface area (TPSA) is 44.6 Å². The molecule has 0 radical (unpaired) electrons. The third-order valence-electron chi connectivity index (χ3n) is 3.01. The van der Waals surface area contributed by atoms with E-state index < -0.39 is 0 Å². The summed E-state index contributed by atoms with van der Waals surface area (Å²) in [4.78, 5) is 4.32. The molecule has 14 heavy (non-hydrogen) atoms. The summed E-state index contributed by atoms with van der Waals surface area (Å²) in [5.74, 6) is 0.639. The van der Waals surface area contributed by atoms with Crippen LogP contribution in [0.4, 0.5) is 5.69 Å². The Morgan fingerprint density at radius 1 is 1.43 bits per heavy atom. The van der Waals surface area contributed by atoms with Gasteiger partial charge in [0.05, 0.1) is 11.1 Å². The predicted molar refractivity (Wildman–Crippen MR) is 54.4 cm³/mol. The number of amidine groups is 1. The second-order valence-electron chi connectivity index (χ2n) is 3.79. The Bertz CT molecular complexity index is 438. The second-order valence-corrected chi connectivity index (χ2v) is 4.20. The van der Waals surface area contributed by atoms with Gasteiger partial charge in [-0.25, -0.2) is 4.99 Å². The van der Waals surface area contributed by atoms with Crippen molar-refractivity contribution in [3.8, 4) is 0 Å². The fourth-order valence-corrected chi connectivity index (χ4v) is 2.52. The van der Waals surface area contributed by atoms with Gasteiger partial charge in [0, 0.05) is 10.6 Å². The molecule has 0 bridgehead atoms. The van der Waals surface area contributed by atoms with Crippen molar-refractivity contribution >= 4 is 23.1 Å². The van der Waals surface area contributed by atoms with Gasteiger partial charge >= 0.3 is 0 Å². The molecule has 72 valence electrons. The molecule has 0 aromatic heterocycles. The lowest BCUT2D eigenvalue weighted by molar-refractivity contribution is 0.230. The molecule has 2 aliphatic rings. The van der Waals surface area contributed by atoms with Gasteiger partial charge in [0.2, 0.25) is 0 Å². The molecule has 0 amide bonds. The number of benzene rings is 1. The maximum Gasteiger partial charge on any atom is 0.137 e. The van der Waals surface area contributed by atoms with Gasteiger partial charge in [-0.3, -0.25) is 10.7 Å². The van der Waals surface area contributed by atoms with Crippen molar-refractivity contribution in [1.29, 1.82) is 0 Å². The highest BCUT2D eigenvalue weighted by atomic mass is 35.5. The third kappa shape index (κ3) is 0.837. The number of nitrogens with zero attached hydrogens (tertiary/aromatic N) is 1. The van der Waals surface area contributed by atoms with Crippen LogP contribution >= 0.6 is 11.6 Å². The van der Waals surface area contributed by atoms with Crippen LogP contribution in [0.15, 0.2) is 23.2 Å². The van der Waals surface area contributed by atoms with E-state index in [0.717, 1.165) is 29.1 Å². The summed E-state index contributed by atoms with van der Waals surface area (Å²) in [6.45, 7) is 0. The Morgan fingerprint density at radius 2 is 2.21 bits per heavy atom. The minimum atomic E-state index is -0.109. The van der Waals surface area contributed by atoms with Crippen molar-refractivity contribution < 1.29 is 5.21 Å². The molecule has 3 nitrogen and oxygen atoms in total. The molecule has 1 aliphatic carbocycles. The van der Waals surface area contributed by atoms with Gasteiger partial charge in [-0.1, -0.05) is 17.7 Å². The average Bonchev–Trinajstić information content (AvgIpc) is 2.86. The smallest absolute Gasteiger partial charge is 0.137 e. The fourth-order valence-electron chi connectivity index (χ4n) is 2.17. The van der Waals surface area contributed by atoms with E-state index in [1.165, 1.54) is 0 Å². The van der Waals surface area contributed by atoms with Crippen LogP contribution in [0.2, 0.25) is 5.02 Å². The molecule has 1 aromatic rings. The van der Waals surface area contributed by atoms with E-state index in [4.69, 9.17) is 16.8 Å². The van der Waals surface area contributed by atoms with Crippen LogP contribution < -0.4 is 5.48 Å². The van der Waals surface area contributed by atoms with Crippen molar-refractivity contribution in [2.45, 2.75) is 18.3 Å². The summed E-state index contributed by atoms with van der Waals surface area (Å²) in [5.41, 5.74) is 4.02. The molecule has 1 spiro atoms. The Balaban J connectivity index is 2.23. The quantitative estimate of drug-likeness (QED) is 0.643. The highest BCUT2D eigenvalue weighted by Gasteiger charge is 2.54. The first-order valence-electron chi connectivity index (χ1n) is 4.56. The van der Waals surface area contributed by atoms with Crippen molar-refractivity contribution in [3.63, 3.8) is 0 Å². The van der Waals surface area contributed by atoms with Crippen LogP contribution in [0, 0.1) is 0 Å². The predicted octanol–water partition coefficient (Wildman–Crippen LogP) is 2.39. The van der Waals surface area contributed by atoms with Gasteiger partial charge in [-0.2, -0.15) is 0 Å². The van der Waals surface area contributed by atoms with Crippen LogP contribution in [-0.2, 0) is 5.41 Å². The summed E-state index contributed by atoms with van der Waals surface area (Å²) in [5, 5.41) is 9.73. The number of hydroxylamine groups is 1. The zero-order valence-corrected chi connectivity index (χ0v) is 8.17. The molecule has 1 saturated carbocycles. The average molecular weight is 209 g/mol. The number of rotatable bonds is 0. The lowest BCUT2D eigenvalue weighted by Crippen LogP contribution is -2.29. The standard InChI is InChI=1S/C10H9ClN2O/c11-6-2-1-3-7-8(6)10(4-5-10)9(12-7)13-14/h1-3,14H,4-5H2,(H,12,13). The van der Waals surface area contributed by atoms with Crippen molar-refractivity contribution in [3.05, 3.63) is 28.8 Å². The molecule has 2 N–H and O–H groups in total. The zero-order valence-electron chi connectivity index (χ0n) is 7.42. The van der Waals surface area contributed by atoms with Gasteiger partial charge in [-0.15, -0.1) is 0 Å². The maximum atomic E-state index is 8.98. The summed E-state index contributed by atoms with van der Waals surface area (Å²) in [7, 11) is 0. The number of hydrogen-bond donors (Lipinski definition) is 2. The molecule has 3 rings (SSSR count). The molecule has 4 heteroatoms. The molecule has 0 unspecified atom stereocenters. The first-order chi connectivity index (χ1) is 6.78. The summed E-state index contributed by atoms with van der Waals surface area (Å²) < 4.78 is 0. The van der Waals surface area contributed by atoms with Crippen LogP contribution in [-0.4, -0.2) is 11.0 Å². The Labute approximate surface area is 86.4 Å². The maximum absolute atomic E-state index is 8.98. The monoisotopic (exact) mass is 208 g/mol. The molecule has 1 aliphatic heterocycles. The molecule has 1 aromatic carbocycles. The fraction of sp³-hybridized carbons (Fsp3) is 0.300. The lowest BCUT2D eigenvalue weighted by Gasteiger charge is -2.11. The van der Waals surface area contributed by atoms with E-state index in [-0.39, 0.29) is 5.41 Å². The highest BCUT2D eigenvalue weighted by molar-refractivity contribution is 6.32. The van der Waals surface area contributed by atoms with Crippen LogP contribution in [0.5, 0.6) is 0 Å². The zero-order chi connectivity index (χ0) is 9.76. The molecule has 1 fully saturated rings. The number of hydrogen-bond acceptors (Lipinski definition) is 3. The molecule has 0 atom stereocenters. The van der Waals surface area contributed by atoms with E-state index in [2.05, 4.69) is 10.5 Å². The molecule has 0 saturated heterocycles. The largest absolute Gasteiger partial charge is 0.290 e. The van der Waals surface area contributed by atoms with E-state index in [0.29, 0.717) is 5.84 Å². The van der Waals surface area contributed by atoms with Crippen LogP contribution in [0.1, 0.15) is 18.4 Å². The summed E-state index contributed by atoms with van der Waals surface area (Å²) in [6.07, 6.45) is 2.02. The highest BCUT2D eigenvalue weighted by Crippen LogP contribution is 2.57. The number of halogens is 1. The molecular weight excluding hydrogens is 200 g/mol. The first-order valence-corrected chi connectivity index (χ1v) is 4.94. The van der Waals surface area contributed by atoms with Crippen molar-refractivity contribution in [2.75, 3.05) is 0 Å². The van der Waals surface area contributed by atoms with Gasteiger partial charge in [0.25, 0.3) is 0 Å². The Hall–Kier alpha value is -1.06. The normalized spacial score (nSPS) is 20.6. The minimum Gasteiger partial charge on any atom is -0.290 e. The van der Waals surface area contributed by atoms with Crippen LogP contribution in [0.25, 0.3) is 0 Å². The van der Waals surface area contributed by atoms with E-state index in [9.17, 15) is 0 Å². The van der Waals surface area contributed by atoms with Gasteiger partial charge in [0.15, 0.2) is 0 Å². The Kier molecular flexibility index (Phi) is 1.47. The summed E-state index contributed by atoms with van der Waals surface area (Å²) >= 11 is 6.13. The molecular formula is C10H9ClN2O. The van der Waals surface area contributed by atoms with Gasteiger partial charge in [0.1, 0.15) is 5.84 Å². The third-order valence-corrected chi connectivity index (χ3v) is 3.33. The van der Waals surface area contributed by atoms with E-state index >= 15 is 0 Å². The summed E-state index contributed by atoms with van der Waals surface area (Å²) in [6, 6.07) is 5.67. The second kappa shape index (κ2) is 2.49. The van der Waals surface area contributed by atoms with Gasteiger partial charge < -0.3 is 0 Å². The first kappa shape index (κ1) is 8.26. The minimum absolute atomic E-state index is 0.109. The van der Waals surface area contributed by atoms with Gasteiger partial charge in [-0.05, 0) is 25.0 Å².